The summed E-state index contributed by atoms with van der Waals surface area (Å²) in [6.45, 7) is 2.97. The summed E-state index contributed by atoms with van der Waals surface area (Å²) >= 11 is 1.72. The second kappa shape index (κ2) is 5.93. The number of hydrogen-bond donors (Lipinski definition) is 1. The minimum absolute atomic E-state index is 0.350. The fourth-order valence-electron chi connectivity index (χ4n) is 1.63. The number of nitrogens with one attached hydrogen (secondary N) is 1. The van der Waals surface area contributed by atoms with Gasteiger partial charge in [-0.1, -0.05) is 6.07 Å². The van der Waals surface area contributed by atoms with E-state index in [0.717, 1.165) is 11.7 Å². The topological polar surface area (TPSA) is 41.1 Å². The predicted octanol–water partition coefficient (Wildman–Crippen LogP) is 2.45. The van der Waals surface area contributed by atoms with Gasteiger partial charge in [-0.3, -0.25) is 4.98 Å². The molecule has 0 aromatic carbocycles. The lowest BCUT2D eigenvalue weighted by atomic mass is 10.3. The lowest BCUT2D eigenvalue weighted by Crippen LogP contribution is -2.16. The zero-order valence-corrected chi connectivity index (χ0v) is 11.7. The summed E-state index contributed by atoms with van der Waals surface area (Å²) < 4.78 is 0. The number of pyridine rings is 1. The van der Waals surface area contributed by atoms with Crippen molar-refractivity contribution in [2.45, 2.75) is 19.5 Å². The molecule has 4 nitrogen and oxygen atoms in total. The molecular weight excluding hydrogens is 244 g/mol. The average Bonchev–Trinajstić information content (AvgIpc) is 2.88. The Balaban J connectivity index is 2.05. The highest BCUT2D eigenvalue weighted by Gasteiger charge is 2.11. The Morgan fingerprint density at radius 3 is 2.94 bits per heavy atom. The summed E-state index contributed by atoms with van der Waals surface area (Å²) in [4.78, 5) is 12.0. The molecule has 2 rings (SSSR count). The average molecular weight is 262 g/mol. The van der Waals surface area contributed by atoms with Crippen molar-refractivity contribution in [2.75, 3.05) is 19.0 Å². The predicted molar refractivity (Wildman–Crippen MR) is 75.9 cm³/mol. The quantitative estimate of drug-likeness (QED) is 0.898. The highest BCUT2D eigenvalue weighted by molar-refractivity contribution is 7.15. The van der Waals surface area contributed by atoms with Crippen LogP contribution in [-0.2, 0) is 6.54 Å². The van der Waals surface area contributed by atoms with E-state index in [1.165, 1.54) is 10.4 Å². The van der Waals surface area contributed by atoms with E-state index in [-0.39, 0.29) is 0 Å². The van der Waals surface area contributed by atoms with Crippen molar-refractivity contribution in [2.24, 2.45) is 0 Å². The molecular formula is C13H18N4S. The van der Waals surface area contributed by atoms with Crippen molar-refractivity contribution in [3.05, 3.63) is 41.2 Å². The summed E-state index contributed by atoms with van der Waals surface area (Å²) in [5.74, 6) is 0. The number of rotatable bonds is 5. The molecule has 0 aliphatic carbocycles. The van der Waals surface area contributed by atoms with Gasteiger partial charge >= 0.3 is 0 Å². The summed E-state index contributed by atoms with van der Waals surface area (Å²) in [5.41, 5.74) is 1.19. The Labute approximate surface area is 112 Å². The zero-order chi connectivity index (χ0) is 13.0. The molecule has 2 aromatic heterocycles. The second-order valence-corrected chi connectivity index (χ2v) is 5.31. The van der Waals surface area contributed by atoms with Crippen LogP contribution in [0.3, 0.4) is 0 Å². The van der Waals surface area contributed by atoms with Crippen LogP contribution < -0.4 is 10.2 Å². The molecule has 0 aliphatic rings. The van der Waals surface area contributed by atoms with E-state index >= 15 is 0 Å². The number of nitrogens with zero attached hydrogens (tertiary/aromatic N) is 3. The molecule has 0 bridgehead atoms. The Morgan fingerprint density at radius 1 is 1.44 bits per heavy atom. The largest absolute Gasteiger partial charge is 0.347 e. The van der Waals surface area contributed by atoms with E-state index in [0.29, 0.717) is 6.04 Å². The molecule has 0 aliphatic heterocycles. The molecule has 1 N–H and O–H groups in total. The first-order valence-electron chi connectivity index (χ1n) is 5.93. The first-order chi connectivity index (χ1) is 8.70. The van der Waals surface area contributed by atoms with Crippen LogP contribution in [0.25, 0.3) is 0 Å². The highest BCUT2D eigenvalue weighted by Crippen LogP contribution is 2.26. The van der Waals surface area contributed by atoms with Crippen molar-refractivity contribution in [1.82, 2.24) is 15.3 Å². The summed E-state index contributed by atoms with van der Waals surface area (Å²) in [6.07, 6.45) is 5.63. The molecule has 18 heavy (non-hydrogen) atoms. The lowest BCUT2D eigenvalue weighted by Gasteiger charge is -2.15. The first kappa shape index (κ1) is 13.0. The van der Waals surface area contributed by atoms with Crippen LogP contribution in [0.5, 0.6) is 0 Å². The maximum Gasteiger partial charge on any atom is 0.185 e. The fourth-order valence-corrected chi connectivity index (χ4v) is 2.57. The third-order valence-electron chi connectivity index (χ3n) is 2.84. The van der Waals surface area contributed by atoms with Crippen LogP contribution in [0.15, 0.2) is 30.7 Å². The van der Waals surface area contributed by atoms with E-state index in [1.54, 1.807) is 17.5 Å². The van der Waals surface area contributed by atoms with Gasteiger partial charge in [-0.15, -0.1) is 11.3 Å². The standard InChI is InChI=1S/C13H18N4S/c1-10(14-2)12-8-16-13(18-12)17(3)9-11-5-4-6-15-7-11/h4-8,10,14H,9H2,1-3H3. The van der Waals surface area contributed by atoms with Crippen molar-refractivity contribution in [3.8, 4) is 0 Å². The molecule has 2 aromatic rings. The minimum Gasteiger partial charge on any atom is -0.347 e. The van der Waals surface area contributed by atoms with E-state index in [9.17, 15) is 0 Å². The molecule has 0 saturated carbocycles. The maximum absolute atomic E-state index is 4.47. The first-order valence-corrected chi connectivity index (χ1v) is 6.75. The van der Waals surface area contributed by atoms with Gasteiger partial charge < -0.3 is 10.2 Å². The third-order valence-corrected chi connectivity index (χ3v) is 4.13. The van der Waals surface area contributed by atoms with Crippen LogP contribution in [-0.4, -0.2) is 24.1 Å². The summed E-state index contributed by atoms with van der Waals surface area (Å²) in [6, 6.07) is 4.39. The Bertz CT molecular complexity index is 483. The van der Waals surface area contributed by atoms with E-state index in [4.69, 9.17) is 0 Å². The molecule has 1 atom stereocenters. The monoisotopic (exact) mass is 262 g/mol. The molecule has 0 radical (unpaired) electrons. The van der Waals surface area contributed by atoms with Gasteiger partial charge in [0, 0.05) is 43.1 Å². The SMILES string of the molecule is CNC(C)c1cnc(N(C)Cc2cccnc2)s1. The van der Waals surface area contributed by atoms with E-state index < -0.39 is 0 Å². The van der Waals surface area contributed by atoms with Gasteiger partial charge in [-0.25, -0.2) is 4.98 Å². The van der Waals surface area contributed by atoms with Crippen LogP contribution in [0.4, 0.5) is 5.13 Å². The molecule has 0 amide bonds. The van der Waals surface area contributed by atoms with Crippen LogP contribution in [0.1, 0.15) is 23.4 Å². The van der Waals surface area contributed by atoms with E-state index in [1.807, 2.05) is 25.5 Å². The van der Waals surface area contributed by atoms with Gasteiger partial charge in [0.25, 0.3) is 0 Å². The van der Waals surface area contributed by atoms with Crippen molar-refractivity contribution in [3.63, 3.8) is 0 Å². The zero-order valence-electron chi connectivity index (χ0n) is 10.9. The molecule has 96 valence electrons. The minimum atomic E-state index is 0.350. The maximum atomic E-state index is 4.47. The summed E-state index contributed by atoms with van der Waals surface area (Å²) in [7, 11) is 4.02. The molecule has 2 heterocycles. The molecule has 0 fully saturated rings. The van der Waals surface area contributed by atoms with Gasteiger partial charge in [0.2, 0.25) is 0 Å². The normalized spacial score (nSPS) is 12.4. The van der Waals surface area contributed by atoms with Gasteiger partial charge in [0.15, 0.2) is 5.13 Å². The van der Waals surface area contributed by atoms with Crippen molar-refractivity contribution >= 4 is 16.5 Å². The Hall–Kier alpha value is -1.46. The Kier molecular flexibility index (Phi) is 4.28. The fraction of sp³-hybridized carbons (Fsp3) is 0.385. The smallest absolute Gasteiger partial charge is 0.185 e. The number of aromatic nitrogens is 2. The van der Waals surface area contributed by atoms with Crippen molar-refractivity contribution in [1.29, 1.82) is 0 Å². The third kappa shape index (κ3) is 3.05. The lowest BCUT2D eigenvalue weighted by molar-refractivity contribution is 0.662. The van der Waals surface area contributed by atoms with Crippen molar-refractivity contribution < 1.29 is 0 Å². The van der Waals surface area contributed by atoms with Crippen LogP contribution >= 0.6 is 11.3 Å². The van der Waals surface area contributed by atoms with Gasteiger partial charge in [0.05, 0.1) is 0 Å². The number of hydrogen-bond acceptors (Lipinski definition) is 5. The number of anilines is 1. The van der Waals surface area contributed by atoms with Crippen LogP contribution in [0, 0.1) is 0 Å². The molecule has 0 saturated heterocycles. The highest BCUT2D eigenvalue weighted by atomic mass is 32.1. The molecule has 0 spiro atoms. The molecule has 5 heteroatoms. The number of thiazole rings is 1. The second-order valence-electron chi connectivity index (χ2n) is 4.27. The van der Waals surface area contributed by atoms with Gasteiger partial charge in [-0.05, 0) is 25.6 Å². The molecule has 1 unspecified atom stereocenters. The Morgan fingerprint density at radius 2 is 2.28 bits per heavy atom. The van der Waals surface area contributed by atoms with Gasteiger partial charge in [-0.2, -0.15) is 0 Å². The van der Waals surface area contributed by atoms with E-state index in [2.05, 4.69) is 40.2 Å². The summed E-state index contributed by atoms with van der Waals surface area (Å²) in [5, 5.41) is 4.26. The van der Waals surface area contributed by atoms with Crippen LogP contribution in [0.2, 0.25) is 0 Å². The van der Waals surface area contributed by atoms with Gasteiger partial charge in [0.1, 0.15) is 0 Å².